The number of allylic oxidation sites excluding steroid dienone is 2. The molecule has 2 aromatic heterocycles. The second-order valence-electron chi connectivity index (χ2n) is 11.4. The number of para-hydroxylation sites is 2. The van der Waals surface area contributed by atoms with Gasteiger partial charge in [-0.25, -0.2) is 9.69 Å². The highest BCUT2D eigenvalue weighted by atomic mass is 16.6. The monoisotopic (exact) mass is 491 g/mol. The summed E-state index contributed by atoms with van der Waals surface area (Å²) >= 11 is 0. The Labute approximate surface area is 214 Å². The Balaban J connectivity index is 1.68. The Hall–Kier alpha value is -4.06. The number of ether oxygens (including phenoxy) is 1. The number of hydrogen-bond donors (Lipinski definition) is 0. The molecule has 2 amide bonds. The summed E-state index contributed by atoms with van der Waals surface area (Å²) in [7, 11) is 0. The van der Waals surface area contributed by atoms with E-state index in [4.69, 9.17) is 4.74 Å². The van der Waals surface area contributed by atoms with Gasteiger partial charge in [0, 0.05) is 45.7 Å². The molecule has 3 aromatic carbocycles. The number of aromatic nitrogens is 2. The van der Waals surface area contributed by atoms with Crippen LogP contribution in [0.4, 0.5) is 4.79 Å². The molecule has 2 aliphatic heterocycles. The van der Waals surface area contributed by atoms with Gasteiger partial charge in [-0.05, 0) is 52.3 Å². The molecule has 0 atom stereocenters. The van der Waals surface area contributed by atoms with E-state index < -0.39 is 11.7 Å². The van der Waals surface area contributed by atoms with Gasteiger partial charge in [0.1, 0.15) is 5.60 Å². The molecular formula is C31H29N3O3. The first-order chi connectivity index (χ1) is 17.7. The van der Waals surface area contributed by atoms with Gasteiger partial charge < -0.3 is 13.9 Å². The summed E-state index contributed by atoms with van der Waals surface area (Å²) in [5.74, 6) is -0.281. The number of benzene rings is 3. The maximum atomic E-state index is 14.1. The first-order valence-corrected chi connectivity index (χ1v) is 12.8. The highest BCUT2D eigenvalue weighted by Gasteiger charge is 2.40. The van der Waals surface area contributed by atoms with E-state index in [0.29, 0.717) is 5.56 Å². The van der Waals surface area contributed by atoms with Gasteiger partial charge >= 0.3 is 6.09 Å². The van der Waals surface area contributed by atoms with Gasteiger partial charge in [-0.1, -0.05) is 47.5 Å². The summed E-state index contributed by atoms with van der Waals surface area (Å²) in [5.41, 5.74) is 7.95. The molecular weight excluding hydrogens is 462 g/mol. The molecule has 2 aliphatic rings. The van der Waals surface area contributed by atoms with Gasteiger partial charge in [0.15, 0.2) is 0 Å². The van der Waals surface area contributed by atoms with Gasteiger partial charge in [-0.15, -0.1) is 0 Å². The van der Waals surface area contributed by atoms with Crippen LogP contribution < -0.4 is 0 Å². The van der Waals surface area contributed by atoms with Crippen molar-refractivity contribution in [3.63, 3.8) is 0 Å². The highest BCUT2D eigenvalue weighted by Crippen LogP contribution is 2.47. The molecule has 0 radical (unpaired) electrons. The van der Waals surface area contributed by atoms with E-state index in [-0.39, 0.29) is 12.5 Å². The molecule has 5 aromatic rings. The lowest BCUT2D eigenvalue weighted by Crippen LogP contribution is -2.36. The summed E-state index contributed by atoms with van der Waals surface area (Å²) in [5, 5.41) is 4.15. The number of nitrogens with zero attached hydrogens (tertiary/aromatic N) is 3. The van der Waals surface area contributed by atoms with Crippen LogP contribution in [0.3, 0.4) is 0 Å². The van der Waals surface area contributed by atoms with E-state index in [1.165, 1.54) is 16.0 Å². The second kappa shape index (κ2) is 7.25. The van der Waals surface area contributed by atoms with Crippen molar-refractivity contribution in [2.24, 2.45) is 0 Å². The van der Waals surface area contributed by atoms with Gasteiger partial charge in [0.25, 0.3) is 5.91 Å². The van der Waals surface area contributed by atoms with Crippen molar-refractivity contribution in [1.82, 2.24) is 14.0 Å². The van der Waals surface area contributed by atoms with Gasteiger partial charge in [-0.2, -0.15) is 0 Å². The molecule has 37 heavy (non-hydrogen) atoms. The van der Waals surface area contributed by atoms with E-state index in [1.807, 2.05) is 32.9 Å². The molecule has 0 aliphatic carbocycles. The molecule has 0 N–H and O–H groups in total. The van der Waals surface area contributed by atoms with Crippen LogP contribution in [-0.2, 0) is 24.4 Å². The Morgan fingerprint density at radius 3 is 1.86 bits per heavy atom. The van der Waals surface area contributed by atoms with E-state index in [9.17, 15) is 9.59 Å². The molecule has 6 nitrogen and oxygen atoms in total. The fraction of sp³-hybridized carbons (Fsp3) is 0.290. The van der Waals surface area contributed by atoms with Crippen molar-refractivity contribution in [2.75, 3.05) is 0 Å². The largest absolute Gasteiger partial charge is 0.443 e. The molecule has 0 saturated heterocycles. The number of carbonyl (C=O) groups excluding carboxylic acids is 2. The third-order valence-electron chi connectivity index (χ3n) is 7.93. The third kappa shape index (κ3) is 2.92. The van der Waals surface area contributed by atoms with Crippen LogP contribution in [0.2, 0.25) is 0 Å². The Kier molecular flexibility index (Phi) is 4.34. The lowest BCUT2D eigenvalue weighted by Gasteiger charge is -2.23. The van der Waals surface area contributed by atoms with Crippen LogP contribution in [0.25, 0.3) is 43.6 Å². The number of carbonyl (C=O) groups is 2. The highest BCUT2D eigenvalue weighted by molar-refractivity contribution is 6.31. The smallest absolute Gasteiger partial charge is 0.417 e. The fourth-order valence-electron chi connectivity index (χ4n) is 6.23. The van der Waals surface area contributed by atoms with Crippen LogP contribution in [0.15, 0.2) is 59.7 Å². The zero-order valence-electron chi connectivity index (χ0n) is 21.8. The SMILES string of the molecule is C/C1=C(\C)Cn2c3ccccc3c3c4c(c5c6ccccc6n(c5c32)C1)CN(C(=O)OC(C)(C)C)C4=O. The van der Waals surface area contributed by atoms with Crippen molar-refractivity contribution >= 4 is 55.6 Å². The minimum absolute atomic E-state index is 0.205. The van der Waals surface area contributed by atoms with Crippen molar-refractivity contribution in [3.8, 4) is 0 Å². The predicted octanol–water partition coefficient (Wildman–Crippen LogP) is 7.14. The number of hydrogen-bond acceptors (Lipinski definition) is 3. The standard InChI is InChI=1S/C31H29N3O3/c1-17-14-32-22-12-8-6-10-19(22)24-21-16-34(30(36)37-31(3,4)5)29(35)26(21)25-20-11-7-9-13-23(20)33(15-18(17)2)28(25)27(24)32/h6-13H,14-16H2,1-5H3/b18-17-. The van der Waals surface area contributed by atoms with Gasteiger partial charge in [0.2, 0.25) is 0 Å². The summed E-state index contributed by atoms with van der Waals surface area (Å²) in [6.45, 7) is 11.6. The second-order valence-corrected chi connectivity index (χ2v) is 11.4. The zero-order valence-corrected chi connectivity index (χ0v) is 21.8. The number of amides is 2. The molecule has 6 heteroatoms. The maximum absolute atomic E-state index is 14.1. The van der Waals surface area contributed by atoms with E-state index in [1.54, 1.807) is 0 Å². The van der Waals surface area contributed by atoms with Crippen LogP contribution in [0.5, 0.6) is 0 Å². The van der Waals surface area contributed by atoms with Crippen LogP contribution in [0, 0.1) is 0 Å². The summed E-state index contributed by atoms with van der Waals surface area (Å²) in [6.07, 6.45) is -0.597. The Bertz CT molecular complexity index is 1880. The summed E-state index contributed by atoms with van der Waals surface area (Å²) < 4.78 is 10.4. The van der Waals surface area contributed by atoms with E-state index in [2.05, 4.69) is 59.4 Å². The number of fused-ring (bicyclic) bond motifs is 9. The van der Waals surface area contributed by atoms with Gasteiger partial charge in [-0.3, -0.25) is 4.79 Å². The molecule has 0 spiro atoms. The van der Waals surface area contributed by atoms with Crippen LogP contribution in [-0.4, -0.2) is 31.6 Å². The van der Waals surface area contributed by atoms with Crippen LogP contribution in [0.1, 0.15) is 50.5 Å². The quantitative estimate of drug-likeness (QED) is 0.216. The predicted molar refractivity (Wildman–Crippen MR) is 147 cm³/mol. The third-order valence-corrected chi connectivity index (χ3v) is 7.93. The average molecular weight is 492 g/mol. The van der Waals surface area contributed by atoms with Crippen molar-refractivity contribution in [2.45, 2.75) is 59.9 Å². The molecule has 0 bridgehead atoms. The fourth-order valence-corrected chi connectivity index (χ4v) is 6.23. The van der Waals surface area contributed by atoms with Crippen molar-refractivity contribution in [1.29, 1.82) is 0 Å². The first kappa shape index (κ1) is 22.2. The first-order valence-electron chi connectivity index (χ1n) is 12.8. The molecule has 186 valence electrons. The Morgan fingerprint density at radius 2 is 1.30 bits per heavy atom. The summed E-state index contributed by atoms with van der Waals surface area (Å²) in [4.78, 5) is 28.6. The van der Waals surface area contributed by atoms with Gasteiger partial charge in [0.05, 0.1) is 23.1 Å². The minimum Gasteiger partial charge on any atom is -0.443 e. The molecule has 0 saturated carbocycles. The topological polar surface area (TPSA) is 56.5 Å². The lowest BCUT2D eigenvalue weighted by molar-refractivity contribution is 0.0248. The summed E-state index contributed by atoms with van der Waals surface area (Å²) in [6, 6.07) is 16.7. The Morgan fingerprint density at radius 1 is 0.784 bits per heavy atom. The number of imide groups is 1. The van der Waals surface area contributed by atoms with Crippen molar-refractivity contribution in [3.05, 3.63) is 70.8 Å². The average Bonchev–Trinajstić information content (AvgIpc) is 3.46. The normalized spacial score (nSPS) is 17.9. The van der Waals surface area contributed by atoms with E-state index in [0.717, 1.165) is 62.3 Å². The van der Waals surface area contributed by atoms with Crippen LogP contribution >= 0.6 is 0 Å². The maximum Gasteiger partial charge on any atom is 0.417 e. The minimum atomic E-state index is -0.692. The van der Waals surface area contributed by atoms with E-state index >= 15 is 0 Å². The lowest BCUT2D eigenvalue weighted by atomic mass is 9.97. The molecule has 4 heterocycles. The molecule has 0 fully saturated rings. The molecule has 0 unspecified atom stereocenters. The number of rotatable bonds is 0. The zero-order chi connectivity index (χ0) is 25.8. The van der Waals surface area contributed by atoms with Crippen molar-refractivity contribution < 1.29 is 14.3 Å². The molecule has 7 rings (SSSR count).